The summed E-state index contributed by atoms with van der Waals surface area (Å²) in [5.41, 5.74) is 0.235. The van der Waals surface area contributed by atoms with E-state index in [2.05, 4.69) is 33.0 Å². The van der Waals surface area contributed by atoms with Crippen LogP contribution in [0.1, 0.15) is 47.5 Å². The van der Waals surface area contributed by atoms with Gasteiger partial charge >= 0.3 is 0 Å². The fourth-order valence-electron chi connectivity index (χ4n) is 1.30. The standard InChI is InChI=1S/C12H27NO/c1-6-11(8-9-14-7-2)10-13-12(3,4)5/h11,13H,6-10H2,1-5H3. The maximum Gasteiger partial charge on any atom is 0.0469 e. The molecule has 0 amide bonds. The van der Waals surface area contributed by atoms with Gasteiger partial charge in [-0.25, -0.2) is 0 Å². The molecule has 0 saturated carbocycles. The normalized spacial score (nSPS) is 14.4. The number of hydrogen-bond acceptors (Lipinski definition) is 2. The molecule has 0 saturated heterocycles. The topological polar surface area (TPSA) is 21.3 Å². The summed E-state index contributed by atoms with van der Waals surface area (Å²) >= 11 is 0. The van der Waals surface area contributed by atoms with Gasteiger partial charge in [0.25, 0.3) is 0 Å². The molecule has 0 aromatic heterocycles. The van der Waals surface area contributed by atoms with Crippen LogP contribution in [0, 0.1) is 5.92 Å². The van der Waals surface area contributed by atoms with Gasteiger partial charge in [-0.2, -0.15) is 0 Å². The van der Waals surface area contributed by atoms with Crippen LogP contribution in [0.2, 0.25) is 0 Å². The predicted molar refractivity (Wildman–Crippen MR) is 62.6 cm³/mol. The highest BCUT2D eigenvalue weighted by molar-refractivity contribution is 4.72. The lowest BCUT2D eigenvalue weighted by Gasteiger charge is -2.24. The van der Waals surface area contributed by atoms with Gasteiger partial charge in [0.1, 0.15) is 0 Å². The first-order valence-electron chi connectivity index (χ1n) is 5.82. The Morgan fingerprint density at radius 3 is 2.29 bits per heavy atom. The van der Waals surface area contributed by atoms with E-state index in [1.165, 1.54) is 12.8 Å². The van der Waals surface area contributed by atoms with Gasteiger partial charge in [0.05, 0.1) is 0 Å². The van der Waals surface area contributed by atoms with Crippen molar-refractivity contribution in [3.8, 4) is 0 Å². The van der Waals surface area contributed by atoms with Gasteiger partial charge in [-0.05, 0) is 46.6 Å². The van der Waals surface area contributed by atoms with Crippen molar-refractivity contribution in [3.63, 3.8) is 0 Å². The monoisotopic (exact) mass is 201 g/mol. The summed E-state index contributed by atoms with van der Waals surface area (Å²) < 4.78 is 5.37. The summed E-state index contributed by atoms with van der Waals surface area (Å²) in [6, 6.07) is 0. The third kappa shape index (κ3) is 8.52. The molecule has 0 rings (SSSR count). The lowest BCUT2D eigenvalue weighted by Crippen LogP contribution is -2.39. The highest BCUT2D eigenvalue weighted by Gasteiger charge is 2.12. The van der Waals surface area contributed by atoms with E-state index < -0.39 is 0 Å². The molecule has 14 heavy (non-hydrogen) atoms. The van der Waals surface area contributed by atoms with Crippen molar-refractivity contribution in [1.82, 2.24) is 5.32 Å². The van der Waals surface area contributed by atoms with Crippen LogP contribution in [0.15, 0.2) is 0 Å². The van der Waals surface area contributed by atoms with Crippen LogP contribution in [0.3, 0.4) is 0 Å². The molecule has 0 fully saturated rings. The second kappa shape index (κ2) is 7.24. The second-order valence-electron chi connectivity index (χ2n) is 4.89. The Bertz CT molecular complexity index is 129. The lowest BCUT2D eigenvalue weighted by atomic mass is 10.0. The summed E-state index contributed by atoms with van der Waals surface area (Å²) in [7, 11) is 0. The van der Waals surface area contributed by atoms with Crippen molar-refractivity contribution in [2.75, 3.05) is 19.8 Å². The quantitative estimate of drug-likeness (QED) is 0.640. The third-order valence-electron chi connectivity index (χ3n) is 2.37. The molecule has 2 nitrogen and oxygen atoms in total. The first kappa shape index (κ1) is 13.9. The van der Waals surface area contributed by atoms with E-state index in [1.807, 2.05) is 6.92 Å². The summed E-state index contributed by atoms with van der Waals surface area (Å²) in [4.78, 5) is 0. The van der Waals surface area contributed by atoms with Crippen LogP contribution >= 0.6 is 0 Å². The van der Waals surface area contributed by atoms with Crippen LogP contribution in [-0.4, -0.2) is 25.3 Å². The largest absolute Gasteiger partial charge is 0.382 e. The molecule has 1 unspecified atom stereocenters. The zero-order valence-electron chi connectivity index (χ0n) is 10.5. The molecule has 0 bridgehead atoms. The summed E-state index contributed by atoms with van der Waals surface area (Å²) in [6.07, 6.45) is 2.41. The summed E-state index contributed by atoms with van der Waals surface area (Å²) in [6.45, 7) is 13.8. The van der Waals surface area contributed by atoms with Crippen molar-refractivity contribution < 1.29 is 4.74 Å². The molecular formula is C12H27NO. The van der Waals surface area contributed by atoms with Crippen molar-refractivity contribution in [3.05, 3.63) is 0 Å². The minimum atomic E-state index is 0.235. The van der Waals surface area contributed by atoms with E-state index in [-0.39, 0.29) is 5.54 Å². The van der Waals surface area contributed by atoms with Crippen molar-refractivity contribution in [1.29, 1.82) is 0 Å². The number of rotatable bonds is 7. The van der Waals surface area contributed by atoms with Gasteiger partial charge in [-0.1, -0.05) is 13.3 Å². The predicted octanol–water partition coefficient (Wildman–Crippen LogP) is 2.83. The van der Waals surface area contributed by atoms with E-state index in [0.717, 1.165) is 25.7 Å². The molecular weight excluding hydrogens is 174 g/mol. The Hall–Kier alpha value is -0.0800. The Labute approximate surface area is 89.4 Å². The molecule has 0 aromatic rings. The minimum Gasteiger partial charge on any atom is -0.382 e. The number of nitrogens with one attached hydrogen (secondary N) is 1. The average molecular weight is 201 g/mol. The SMILES string of the molecule is CCOCCC(CC)CNC(C)(C)C. The van der Waals surface area contributed by atoms with Gasteiger partial charge in [-0.15, -0.1) is 0 Å². The minimum absolute atomic E-state index is 0.235. The maximum absolute atomic E-state index is 5.37. The Morgan fingerprint density at radius 2 is 1.86 bits per heavy atom. The summed E-state index contributed by atoms with van der Waals surface area (Å²) in [5.74, 6) is 0.751. The van der Waals surface area contributed by atoms with Crippen molar-refractivity contribution in [2.45, 2.75) is 53.0 Å². The molecule has 0 heterocycles. The molecule has 0 spiro atoms. The smallest absolute Gasteiger partial charge is 0.0469 e. The van der Waals surface area contributed by atoms with Gasteiger partial charge in [0.2, 0.25) is 0 Å². The van der Waals surface area contributed by atoms with Gasteiger partial charge in [0, 0.05) is 18.8 Å². The van der Waals surface area contributed by atoms with Crippen LogP contribution in [0.4, 0.5) is 0 Å². The third-order valence-corrected chi connectivity index (χ3v) is 2.37. The molecule has 2 heteroatoms. The van der Waals surface area contributed by atoms with E-state index in [9.17, 15) is 0 Å². The highest BCUT2D eigenvalue weighted by atomic mass is 16.5. The van der Waals surface area contributed by atoms with Crippen LogP contribution < -0.4 is 5.32 Å². The molecule has 0 radical (unpaired) electrons. The molecule has 0 aliphatic rings. The fourth-order valence-corrected chi connectivity index (χ4v) is 1.30. The van der Waals surface area contributed by atoms with Gasteiger partial charge in [0.15, 0.2) is 0 Å². The maximum atomic E-state index is 5.37. The van der Waals surface area contributed by atoms with Crippen molar-refractivity contribution >= 4 is 0 Å². The Kier molecular flexibility index (Phi) is 7.20. The second-order valence-corrected chi connectivity index (χ2v) is 4.89. The first-order valence-corrected chi connectivity index (χ1v) is 5.82. The number of ether oxygens (including phenoxy) is 1. The molecule has 0 aliphatic carbocycles. The Balaban J connectivity index is 3.58. The average Bonchev–Trinajstić information content (AvgIpc) is 2.09. The summed E-state index contributed by atoms with van der Waals surface area (Å²) in [5, 5.41) is 3.54. The highest BCUT2D eigenvalue weighted by Crippen LogP contribution is 2.09. The zero-order valence-corrected chi connectivity index (χ0v) is 10.5. The molecule has 1 atom stereocenters. The van der Waals surface area contributed by atoms with E-state index in [1.54, 1.807) is 0 Å². The van der Waals surface area contributed by atoms with E-state index in [4.69, 9.17) is 4.74 Å². The van der Waals surface area contributed by atoms with Crippen LogP contribution in [-0.2, 0) is 4.74 Å². The van der Waals surface area contributed by atoms with E-state index >= 15 is 0 Å². The van der Waals surface area contributed by atoms with Crippen molar-refractivity contribution in [2.24, 2.45) is 5.92 Å². The molecule has 0 aliphatic heterocycles. The first-order chi connectivity index (χ1) is 6.49. The lowest BCUT2D eigenvalue weighted by molar-refractivity contribution is 0.129. The van der Waals surface area contributed by atoms with Gasteiger partial charge in [-0.3, -0.25) is 0 Å². The van der Waals surface area contributed by atoms with Gasteiger partial charge < -0.3 is 10.1 Å². The van der Waals surface area contributed by atoms with Crippen LogP contribution in [0.25, 0.3) is 0 Å². The molecule has 0 aromatic carbocycles. The zero-order chi connectivity index (χ0) is 11.0. The van der Waals surface area contributed by atoms with E-state index in [0.29, 0.717) is 0 Å². The number of hydrogen-bond donors (Lipinski definition) is 1. The fraction of sp³-hybridized carbons (Fsp3) is 1.00. The molecule has 86 valence electrons. The van der Waals surface area contributed by atoms with Crippen LogP contribution in [0.5, 0.6) is 0 Å². The molecule has 1 N–H and O–H groups in total. The Morgan fingerprint density at radius 1 is 1.21 bits per heavy atom.